The number of aromatic nitrogens is 2. The Kier molecular flexibility index (Phi) is 4.51. The first-order chi connectivity index (χ1) is 10.8. The third-order valence-electron chi connectivity index (χ3n) is 3.64. The molecule has 0 saturated heterocycles. The van der Waals surface area contributed by atoms with Crippen LogP contribution in [0.2, 0.25) is 0 Å². The summed E-state index contributed by atoms with van der Waals surface area (Å²) in [6, 6.07) is 4.57. The van der Waals surface area contributed by atoms with Crippen LogP contribution in [0.5, 0.6) is 0 Å². The fraction of sp³-hybridized carbons (Fsp3) is 0.267. The molecule has 2 atom stereocenters. The molecule has 0 fully saturated rings. The van der Waals surface area contributed by atoms with Crippen molar-refractivity contribution in [1.29, 1.82) is 0 Å². The topological polar surface area (TPSA) is 17.8 Å². The van der Waals surface area contributed by atoms with E-state index in [1.807, 2.05) is 0 Å². The lowest BCUT2D eigenvalue weighted by Gasteiger charge is -2.22. The summed E-state index contributed by atoms with van der Waals surface area (Å²) in [4.78, 5) is 0. The Labute approximate surface area is 148 Å². The number of hydrogen-bond acceptors (Lipinski definition) is 1. The van der Waals surface area contributed by atoms with Crippen LogP contribution in [0.15, 0.2) is 45.9 Å². The molecule has 0 saturated carbocycles. The number of allylic oxidation sites excluding steroid dienone is 4. The highest BCUT2D eigenvalue weighted by atomic mass is 79.9. The Hall–Kier alpha value is -0.980. The van der Waals surface area contributed by atoms with Gasteiger partial charge in [-0.05, 0) is 24.3 Å². The molecule has 0 bridgehead atoms. The molecule has 0 amide bonds. The van der Waals surface area contributed by atoms with Gasteiger partial charge in [-0.2, -0.15) is 18.3 Å². The van der Waals surface area contributed by atoms with Gasteiger partial charge in [0.2, 0.25) is 0 Å². The van der Waals surface area contributed by atoms with E-state index in [0.29, 0.717) is 15.0 Å². The van der Waals surface area contributed by atoms with Crippen molar-refractivity contribution in [2.24, 2.45) is 5.92 Å². The molecule has 1 aromatic carbocycles. The number of benzene rings is 1. The van der Waals surface area contributed by atoms with Crippen molar-refractivity contribution in [2.45, 2.75) is 18.1 Å². The van der Waals surface area contributed by atoms with Crippen molar-refractivity contribution in [3.05, 3.63) is 51.6 Å². The first-order valence-corrected chi connectivity index (χ1v) is 8.29. The SMILES string of the molecule is FC(F)(F)c1nn(CC2C(Cl)=CC=CC2Cl)c2cc(Br)ccc12. The van der Waals surface area contributed by atoms with Crippen LogP contribution in [0.4, 0.5) is 13.2 Å². The summed E-state index contributed by atoms with van der Waals surface area (Å²) in [5.74, 6) is -0.327. The van der Waals surface area contributed by atoms with E-state index in [-0.39, 0.29) is 17.8 Å². The highest BCUT2D eigenvalue weighted by molar-refractivity contribution is 9.10. The fourth-order valence-corrected chi connectivity index (χ4v) is 3.52. The molecule has 1 aliphatic carbocycles. The van der Waals surface area contributed by atoms with Crippen molar-refractivity contribution in [2.75, 3.05) is 0 Å². The molecule has 0 aliphatic heterocycles. The normalized spacial score (nSPS) is 21.7. The molecule has 1 aliphatic rings. The number of hydrogen-bond donors (Lipinski definition) is 0. The van der Waals surface area contributed by atoms with Gasteiger partial charge in [0.05, 0.1) is 17.4 Å². The Morgan fingerprint density at radius 1 is 1.30 bits per heavy atom. The molecule has 2 nitrogen and oxygen atoms in total. The molecule has 3 rings (SSSR count). The Morgan fingerprint density at radius 2 is 2.04 bits per heavy atom. The molecule has 1 heterocycles. The highest BCUT2D eigenvalue weighted by Gasteiger charge is 2.37. The molecule has 2 unspecified atom stereocenters. The summed E-state index contributed by atoms with van der Waals surface area (Å²) >= 11 is 15.7. The summed E-state index contributed by atoms with van der Waals surface area (Å²) in [6.07, 6.45) is 0.654. The van der Waals surface area contributed by atoms with E-state index in [9.17, 15) is 13.2 Å². The smallest absolute Gasteiger partial charge is 0.264 e. The van der Waals surface area contributed by atoms with Crippen molar-refractivity contribution >= 4 is 50.0 Å². The second-order valence-electron chi connectivity index (χ2n) is 5.18. The van der Waals surface area contributed by atoms with Gasteiger partial charge < -0.3 is 0 Å². The summed E-state index contributed by atoms with van der Waals surface area (Å²) in [5, 5.41) is 3.93. The van der Waals surface area contributed by atoms with Gasteiger partial charge in [-0.15, -0.1) is 11.6 Å². The maximum atomic E-state index is 13.2. The lowest BCUT2D eigenvalue weighted by atomic mass is 10.00. The van der Waals surface area contributed by atoms with E-state index < -0.39 is 17.2 Å². The monoisotopic (exact) mass is 424 g/mol. The molecular weight excluding hydrogens is 416 g/mol. The van der Waals surface area contributed by atoms with Crippen LogP contribution in [0, 0.1) is 5.92 Å². The van der Waals surface area contributed by atoms with E-state index >= 15 is 0 Å². The van der Waals surface area contributed by atoms with Crippen LogP contribution in [0.1, 0.15) is 5.69 Å². The third kappa shape index (κ3) is 3.30. The summed E-state index contributed by atoms with van der Waals surface area (Å²) in [6.45, 7) is 0.164. The van der Waals surface area contributed by atoms with Gasteiger partial charge in [0.15, 0.2) is 5.69 Å². The lowest BCUT2D eigenvalue weighted by molar-refractivity contribution is -0.140. The van der Waals surface area contributed by atoms with Crippen LogP contribution < -0.4 is 0 Å². The summed E-state index contributed by atoms with van der Waals surface area (Å²) < 4.78 is 41.6. The zero-order valence-electron chi connectivity index (χ0n) is 11.5. The fourth-order valence-electron chi connectivity index (χ4n) is 2.53. The minimum Gasteiger partial charge on any atom is -0.264 e. The van der Waals surface area contributed by atoms with E-state index in [4.69, 9.17) is 23.2 Å². The molecule has 0 radical (unpaired) electrons. The summed E-state index contributed by atoms with van der Waals surface area (Å²) in [5.41, 5.74) is -0.521. The van der Waals surface area contributed by atoms with Gasteiger partial charge in [-0.3, -0.25) is 4.68 Å². The Balaban J connectivity index is 2.09. The maximum Gasteiger partial charge on any atom is 0.435 e. The molecule has 0 spiro atoms. The molecule has 2 aromatic rings. The first kappa shape index (κ1) is 16.9. The molecule has 0 N–H and O–H groups in total. The lowest BCUT2D eigenvalue weighted by Crippen LogP contribution is -2.22. The quantitative estimate of drug-likeness (QED) is 0.561. The van der Waals surface area contributed by atoms with Crippen molar-refractivity contribution in [3.8, 4) is 0 Å². The third-order valence-corrected chi connectivity index (χ3v) is 4.99. The first-order valence-electron chi connectivity index (χ1n) is 6.68. The van der Waals surface area contributed by atoms with Crippen molar-refractivity contribution in [1.82, 2.24) is 9.78 Å². The van der Waals surface area contributed by atoms with Gasteiger partial charge >= 0.3 is 6.18 Å². The average Bonchev–Trinajstić information content (AvgIpc) is 2.81. The minimum atomic E-state index is -4.52. The Bertz CT molecular complexity index is 811. The van der Waals surface area contributed by atoms with Crippen molar-refractivity contribution in [3.63, 3.8) is 0 Å². The van der Waals surface area contributed by atoms with Crippen LogP contribution in [0.25, 0.3) is 10.9 Å². The van der Waals surface area contributed by atoms with Gasteiger partial charge in [0, 0.05) is 20.8 Å². The zero-order valence-corrected chi connectivity index (χ0v) is 14.6. The van der Waals surface area contributed by atoms with Gasteiger partial charge in [-0.1, -0.05) is 39.7 Å². The van der Waals surface area contributed by atoms with E-state index in [0.717, 1.165) is 0 Å². The van der Waals surface area contributed by atoms with Crippen LogP contribution in [-0.4, -0.2) is 15.2 Å². The van der Waals surface area contributed by atoms with E-state index in [2.05, 4.69) is 21.0 Å². The molecule has 8 heteroatoms. The van der Waals surface area contributed by atoms with Gasteiger partial charge in [0.25, 0.3) is 0 Å². The molecule has 122 valence electrons. The number of fused-ring (bicyclic) bond motifs is 1. The summed E-state index contributed by atoms with van der Waals surface area (Å²) in [7, 11) is 0. The van der Waals surface area contributed by atoms with Crippen LogP contribution in [0.3, 0.4) is 0 Å². The van der Waals surface area contributed by atoms with E-state index in [1.165, 1.54) is 10.7 Å². The largest absolute Gasteiger partial charge is 0.435 e. The van der Waals surface area contributed by atoms with E-state index in [1.54, 1.807) is 30.4 Å². The minimum absolute atomic E-state index is 0.0540. The second-order valence-corrected chi connectivity index (χ2v) is 7.03. The molecule has 1 aromatic heterocycles. The predicted octanol–water partition coefficient (Wildman–Crippen LogP) is 5.73. The predicted molar refractivity (Wildman–Crippen MR) is 88.6 cm³/mol. The average molecular weight is 426 g/mol. The molecular formula is C15H10BrCl2F3N2. The van der Waals surface area contributed by atoms with Crippen LogP contribution in [-0.2, 0) is 12.7 Å². The van der Waals surface area contributed by atoms with Gasteiger partial charge in [0.1, 0.15) is 0 Å². The number of nitrogens with zero attached hydrogens (tertiary/aromatic N) is 2. The Morgan fingerprint density at radius 3 is 2.70 bits per heavy atom. The number of alkyl halides is 4. The molecule has 23 heavy (non-hydrogen) atoms. The number of rotatable bonds is 2. The second kappa shape index (κ2) is 6.15. The van der Waals surface area contributed by atoms with Gasteiger partial charge in [-0.25, -0.2) is 0 Å². The van der Waals surface area contributed by atoms with Crippen molar-refractivity contribution < 1.29 is 13.2 Å². The zero-order chi connectivity index (χ0) is 16.8. The standard InChI is InChI=1S/C15H10BrCl2F3N2/c16-8-4-5-9-13(6-8)23(22-14(9)15(19,20)21)7-10-11(17)2-1-3-12(10)18/h1-6,10-11H,7H2. The number of halogens is 6. The van der Waals surface area contributed by atoms with Crippen LogP contribution >= 0.6 is 39.1 Å². The maximum absolute atomic E-state index is 13.2. The highest BCUT2D eigenvalue weighted by Crippen LogP contribution is 2.36.